The minimum Gasteiger partial charge on any atom is -0.481 e. The fourth-order valence-corrected chi connectivity index (χ4v) is 2.73. The summed E-state index contributed by atoms with van der Waals surface area (Å²) in [4.78, 5) is 10.9. The number of anilines is 1. The Morgan fingerprint density at radius 1 is 1.50 bits per heavy atom. The van der Waals surface area contributed by atoms with E-state index in [4.69, 9.17) is 4.74 Å². The minimum atomic E-state index is 0.319. The quantitative estimate of drug-likeness (QED) is 0.871. The van der Waals surface area contributed by atoms with Crippen LogP contribution in [0.5, 0.6) is 5.88 Å². The molecule has 2 heterocycles. The number of nitrogens with zero attached hydrogens (tertiary/aromatic N) is 3. The Bertz CT molecular complexity index is 423. The minimum absolute atomic E-state index is 0.319. The molecule has 1 N–H and O–H groups in total. The van der Waals surface area contributed by atoms with Gasteiger partial charge in [-0.25, -0.2) is 9.97 Å². The van der Waals surface area contributed by atoms with Crippen molar-refractivity contribution >= 4 is 5.82 Å². The molecule has 0 amide bonds. The molecule has 1 atom stereocenters. The predicted molar refractivity (Wildman–Crippen MR) is 72.2 cm³/mol. The number of aromatic nitrogens is 2. The van der Waals surface area contributed by atoms with Crippen LogP contribution in [0.15, 0.2) is 6.33 Å². The van der Waals surface area contributed by atoms with Gasteiger partial charge < -0.3 is 15.0 Å². The van der Waals surface area contributed by atoms with E-state index in [0.29, 0.717) is 11.3 Å². The first-order valence-electron chi connectivity index (χ1n) is 6.35. The molecule has 5 heteroatoms. The molecule has 1 aliphatic heterocycles. The second-order valence-electron chi connectivity index (χ2n) is 5.34. The zero-order valence-corrected chi connectivity index (χ0v) is 11.7. The molecule has 1 unspecified atom stereocenters. The van der Waals surface area contributed by atoms with Gasteiger partial charge in [-0.3, -0.25) is 0 Å². The van der Waals surface area contributed by atoms with Crippen LogP contribution >= 0.6 is 0 Å². The van der Waals surface area contributed by atoms with Crippen LogP contribution in [-0.4, -0.2) is 43.8 Å². The first-order valence-corrected chi connectivity index (χ1v) is 6.35. The summed E-state index contributed by atoms with van der Waals surface area (Å²) in [5.74, 6) is 1.67. The van der Waals surface area contributed by atoms with Crippen molar-refractivity contribution in [3.63, 3.8) is 0 Å². The average Bonchev–Trinajstić information content (AvgIpc) is 2.72. The smallest absolute Gasteiger partial charge is 0.221 e. The van der Waals surface area contributed by atoms with Crippen LogP contribution in [0.4, 0.5) is 5.82 Å². The lowest BCUT2D eigenvalue weighted by Gasteiger charge is -2.25. The Hall–Kier alpha value is -1.36. The van der Waals surface area contributed by atoms with Crippen molar-refractivity contribution in [2.75, 3.05) is 38.7 Å². The number of rotatable bonds is 4. The Labute approximate surface area is 109 Å². The molecule has 1 aromatic rings. The van der Waals surface area contributed by atoms with Crippen molar-refractivity contribution in [2.45, 2.75) is 20.3 Å². The van der Waals surface area contributed by atoms with E-state index in [1.165, 1.54) is 6.42 Å². The molecule has 5 nitrogen and oxygen atoms in total. The number of ether oxygens (including phenoxy) is 1. The van der Waals surface area contributed by atoms with Crippen molar-refractivity contribution in [3.05, 3.63) is 11.9 Å². The maximum atomic E-state index is 5.25. The van der Waals surface area contributed by atoms with Gasteiger partial charge in [0.05, 0.1) is 12.7 Å². The summed E-state index contributed by atoms with van der Waals surface area (Å²) in [6, 6.07) is 0. The summed E-state index contributed by atoms with van der Waals surface area (Å²) in [5.41, 5.74) is 1.34. The standard InChI is InChI=1S/C13H22N4O/c1-10-11(15-9-16-12(10)18-4)17-6-5-13(2,8-17)7-14-3/h9,14H,5-8H2,1-4H3. The lowest BCUT2D eigenvalue weighted by molar-refractivity contribution is 0.355. The third kappa shape index (κ3) is 2.41. The fraction of sp³-hybridized carbons (Fsp3) is 0.692. The van der Waals surface area contributed by atoms with E-state index in [0.717, 1.165) is 31.0 Å². The second kappa shape index (κ2) is 5.10. The summed E-state index contributed by atoms with van der Waals surface area (Å²) in [7, 11) is 3.65. The molecule has 0 radical (unpaired) electrons. The molecule has 0 aliphatic carbocycles. The van der Waals surface area contributed by atoms with Gasteiger partial charge in [0.1, 0.15) is 12.1 Å². The van der Waals surface area contributed by atoms with E-state index in [-0.39, 0.29) is 0 Å². The van der Waals surface area contributed by atoms with Crippen molar-refractivity contribution in [1.29, 1.82) is 0 Å². The van der Waals surface area contributed by atoms with Gasteiger partial charge in [0, 0.05) is 19.6 Å². The summed E-state index contributed by atoms with van der Waals surface area (Å²) >= 11 is 0. The lowest BCUT2D eigenvalue weighted by Crippen LogP contribution is -2.33. The van der Waals surface area contributed by atoms with Crippen LogP contribution in [-0.2, 0) is 0 Å². The molecule has 0 spiro atoms. The van der Waals surface area contributed by atoms with Crippen LogP contribution in [0.25, 0.3) is 0 Å². The topological polar surface area (TPSA) is 50.3 Å². The highest BCUT2D eigenvalue weighted by Gasteiger charge is 2.34. The van der Waals surface area contributed by atoms with Gasteiger partial charge in [-0.1, -0.05) is 6.92 Å². The molecule has 1 aliphatic rings. The zero-order chi connectivity index (χ0) is 13.2. The largest absolute Gasteiger partial charge is 0.481 e. The summed E-state index contributed by atoms with van der Waals surface area (Å²) in [6.45, 7) is 7.43. The number of hydrogen-bond donors (Lipinski definition) is 1. The van der Waals surface area contributed by atoms with Gasteiger partial charge in [0.25, 0.3) is 0 Å². The molecule has 0 saturated carbocycles. The lowest BCUT2D eigenvalue weighted by atomic mass is 9.90. The number of nitrogens with one attached hydrogen (secondary N) is 1. The molecule has 1 aromatic heterocycles. The number of hydrogen-bond acceptors (Lipinski definition) is 5. The van der Waals surface area contributed by atoms with Crippen LogP contribution < -0.4 is 15.0 Å². The molecule has 1 fully saturated rings. The molecule has 0 bridgehead atoms. The van der Waals surface area contributed by atoms with Crippen molar-refractivity contribution < 1.29 is 4.74 Å². The van der Waals surface area contributed by atoms with E-state index in [1.54, 1.807) is 13.4 Å². The van der Waals surface area contributed by atoms with Gasteiger partial charge in [-0.05, 0) is 25.8 Å². The summed E-state index contributed by atoms with van der Waals surface area (Å²) < 4.78 is 5.25. The molecule has 2 rings (SSSR count). The van der Waals surface area contributed by atoms with Gasteiger partial charge in [-0.15, -0.1) is 0 Å². The maximum absolute atomic E-state index is 5.25. The van der Waals surface area contributed by atoms with Crippen LogP contribution in [0, 0.1) is 12.3 Å². The highest BCUT2D eigenvalue weighted by atomic mass is 16.5. The Morgan fingerprint density at radius 3 is 2.94 bits per heavy atom. The highest BCUT2D eigenvalue weighted by molar-refractivity contribution is 5.51. The van der Waals surface area contributed by atoms with E-state index < -0.39 is 0 Å². The summed E-state index contributed by atoms with van der Waals surface area (Å²) in [6.07, 6.45) is 2.76. The molecule has 0 aromatic carbocycles. The molecular weight excluding hydrogens is 228 g/mol. The van der Waals surface area contributed by atoms with Crippen molar-refractivity contribution in [1.82, 2.24) is 15.3 Å². The molecule has 18 heavy (non-hydrogen) atoms. The zero-order valence-electron chi connectivity index (χ0n) is 11.7. The van der Waals surface area contributed by atoms with E-state index in [1.807, 2.05) is 14.0 Å². The first-order chi connectivity index (χ1) is 8.59. The normalized spacial score (nSPS) is 23.4. The van der Waals surface area contributed by atoms with Crippen LogP contribution in [0.2, 0.25) is 0 Å². The van der Waals surface area contributed by atoms with E-state index >= 15 is 0 Å². The third-order valence-electron chi connectivity index (χ3n) is 3.67. The van der Waals surface area contributed by atoms with Crippen LogP contribution in [0.1, 0.15) is 18.9 Å². The Morgan fingerprint density at radius 2 is 2.28 bits per heavy atom. The Balaban J connectivity index is 2.19. The third-order valence-corrected chi connectivity index (χ3v) is 3.67. The van der Waals surface area contributed by atoms with Gasteiger partial charge in [-0.2, -0.15) is 0 Å². The molecular formula is C13H22N4O. The summed E-state index contributed by atoms with van der Waals surface area (Å²) in [5, 5.41) is 3.28. The monoisotopic (exact) mass is 250 g/mol. The average molecular weight is 250 g/mol. The molecule has 1 saturated heterocycles. The SMILES string of the molecule is CNCC1(C)CCN(c2ncnc(OC)c2C)C1. The van der Waals surface area contributed by atoms with Gasteiger partial charge >= 0.3 is 0 Å². The van der Waals surface area contributed by atoms with Crippen molar-refractivity contribution in [3.8, 4) is 5.88 Å². The predicted octanol–water partition coefficient (Wildman–Crippen LogP) is 1.23. The van der Waals surface area contributed by atoms with Crippen LogP contribution in [0.3, 0.4) is 0 Å². The first kappa shape index (κ1) is 13.1. The van der Waals surface area contributed by atoms with E-state index in [9.17, 15) is 0 Å². The van der Waals surface area contributed by atoms with Crippen molar-refractivity contribution in [2.24, 2.45) is 5.41 Å². The van der Waals surface area contributed by atoms with E-state index in [2.05, 4.69) is 27.1 Å². The number of methoxy groups -OCH3 is 1. The fourth-order valence-electron chi connectivity index (χ4n) is 2.73. The second-order valence-corrected chi connectivity index (χ2v) is 5.34. The van der Waals surface area contributed by atoms with Gasteiger partial charge in [0.15, 0.2) is 0 Å². The molecule has 100 valence electrons. The Kier molecular flexibility index (Phi) is 3.71. The highest BCUT2D eigenvalue weighted by Crippen LogP contribution is 2.34. The van der Waals surface area contributed by atoms with Gasteiger partial charge in [0.2, 0.25) is 5.88 Å². The maximum Gasteiger partial charge on any atom is 0.221 e.